The van der Waals surface area contributed by atoms with Gasteiger partial charge in [0.15, 0.2) is 0 Å². The van der Waals surface area contributed by atoms with Gasteiger partial charge in [-0.3, -0.25) is 19.5 Å². The van der Waals surface area contributed by atoms with E-state index in [1.165, 1.54) is 0 Å². The first-order valence-corrected chi connectivity index (χ1v) is 7.02. The molecule has 2 rings (SSSR count). The lowest BCUT2D eigenvalue weighted by molar-refractivity contribution is -0.134. The molecule has 5 heteroatoms. The lowest BCUT2D eigenvalue weighted by Gasteiger charge is -2.40. The standard InChI is InChI=1S/C15H21N3O2/c1-5-11-15(20)18(12-7-6-8-16-10(12)4)13(9(2)3)14(19)17-11/h6-9,11,13H,5H2,1-4H3,(H,17,19). The third-order valence-corrected chi connectivity index (χ3v) is 3.68. The molecule has 20 heavy (non-hydrogen) atoms. The average Bonchev–Trinajstić information content (AvgIpc) is 2.41. The molecule has 0 spiro atoms. The molecule has 0 aromatic carbocycles. The van der Waals surface area contributed by atoms with Crippen LogP contribution in [0.25, 0.3) is 0 Å². The zero-order valence-corrected chi connectivity index (χ0v) is 12.4. The number of piperazine rings is 1. The van der Waals surface area contributed by atoms with Crippen LogP contribution in [0.4, 0.5) is 5.69 Å². The van der Waals surface area contributed by atoms with Gasteiger partial charge in [0.1, 0.15) is 12.1 Å². The highest BCUT2D eigenvalue weighted by Crippen LogP contribution is 2.27. The minimum absolute atomic E-state index is 0.0383. The first-order valence-electron chi connectivity index (χ1n) is 7.02. The summed E-state index contributed by atoms with van der Waals surface area (Å²) in [5, 5.41) is 2.82. The van der Waals surface area contributed by atoms with Crippen LogP contribution in [0.3, 0.4) is 0 Å². The van der Waals surface area contributed by atoms with Crippen LogP contribution in [0.1, 0.15) is 32.9 Å². The highest BCUT2D eigenvalue weighted by Gasteiger charge is 2.42. The lowest BCUT2D eigenvalue weighted by Crippen LogP contribution is -2.65. The minimum atomic E-state index is -0.479. The van der Waals surface area contributed by atoms with Gasteiger partial charge in [0, 0.05) is 6.20 Å². The molecule has 2 amide bonds. The molecule has 1 aliphatic heterocycles. The summed E-state index contributed by atoms with van der Waals surface area (Å²) in [5.74, 6) is -0.104. The van der Waals surface area contributed by atoms with E-state index in [2.05, 4.69) is 10.3 Å². The van der Waals surface area contributed by atoms with Gasteiger partial charge in [-0.25, -0.2) is 0 Å². The molecule has 2 heterocycles. The summed E-state index contributed by atoms with van der Waals surface area (Å²) in [5.41, 5.74) is 1.49. The number of amides is 2. The fourth-order valence-corrected chi connectivity index (χ4v) is 2.62. The van der Waals surface area contributed by atoms with Gasteiger partial charge in [0.25, 0.3) is 0 Å². The molecule has 0 bridgehead atoms. The molecule has 0 radical (unpaired) electrons. The number of carbonyl (C=O) groups excluding carboxylic acids is 2. The van der Waals surface area contributed by atoms with Gasteiger partial charge < -0.3 is 5.32 Å². The second-order valence-electron chi connectivity index (χ2n) is 5.47. The number of anilines is 1. The van der Waals surface area contributed by atoms with Crippen LogP contribution in [-0.2, 0) is 9.59 Å². The van der Waals surface area contributed by atoms with Gasteiger partial charge in [-0.15, -0.1) is 0 Å². The van der Waals surface area contributed by atoms with Gasteiger partial charge in [-0.05, 0) is 31.4 Å². The predicted molar refractivity (Wildman–Crippen MR) is 77.3 cm³/mol. The molecule has 1 aliphatic rings. The average molecular weight is 275 g/mol. The Morgan fingerprint density at radius 2 is 2.10 bits per heavy atom. The highest BCUT2D eigenvalue weighted by molar-refractivity contribution is 6.08. The van der Waals surface area contributed by atoms with Crippen LogP contribution in [0.5, 0.6) is 0 Å². The Morgan fingerprint density at radius 3 is 2.65 bits per heavy atom. The quantitative estimate of drug-likeness (QED) is 0.912. The molecule has 1 aromatic rings. The summed E-state index contributed by atoms with van der Waals surface area (Å²) in [4.78, 5) is 30.8. The summed E-state index contributed by atoms with van der Waals surface area (Å²) >= 11 is 0. The maximum atomic E-state index is 12.7. The Bertz CT molecular complexity index is 528. The zero-order valence-electron chi connectivity index (χ0n) is 12.4. The van der Waals surface area contributed by atoms with E-state index in [0.717, 1.165) is 11.4 Å². The Labute approximate surface area is 119 Å². The van der Waals surface area contributed by atoms with Gasteiger partial charge >= 0.3 is 0 Å². The number of carbonyl (C=O) groups is 2. The van der Waals surface area contributed by atoms with Crippen LogP contribution in [0, 0.1) is 12.8 Å². The number of aryl methyl sites for hydroxylation is 1. The first-order chi connectivity index (χ1) is 9.47. The number of pyridine rings is 1. The molecule has 108 valence electrons. The summed E-state index contributed by atoms with van der Waals surface area (Å²) in [7, 11) is 0. The van der Waals surface area contributed by atoms with Crippen molar-refractivity contribution >= 4 is 17.5 Å². The van der Waals surface area contributed by atoms with Crippen molar-refractivity contribution < 1.29 is 9.59 Å². The van der Waals surface area contributed by atoms with Crippen molar-refractivity contribution in [3.8, 4) is 0 Å². The van der Waals surface area contributed by atoms with E-state index < -0.39 is 12.1 Å². The predicted octanol–water partition coefficient (Wildman–Crippen LogP) is 1.66. The molecule has 2 unspecified atom stereocenters. The van der Waals surface area contributed by atoms with E-state index in [0.29, 0.717) is 6.42 Å². The molecular weight excluding hydrogens is 254 g/mol. The number of nitrogens with zero attached hydrogens (tertiary/aromatic N) is 2. The lowest BCUT2D eigenvalue weighted by atomic mass is 9.95. The highest BCUT2D eigenvalue weighted by atomic mass is 16.2. The molecule has 1 N–H and O–H groups in total. The van der Waals surface area contributed by atoms with Crippen molar-refractivity contribution in [1.82, 2.24) is 10.3 Å². The van der Waals surface area contributed by atoms with E-state index in [9.17, 15) is 9.59 Å². The SMILES string of the molecule is CCC1NC(=O)C(C(C)C)N(c2cccnc2C)C1=O. The van der Waals surface area contributed by atoms with Crippen molar-refractivity contribution in [3.63, 3.8) is 0 Å². The van der Waals surface area contributed by atoms with Crippen molar-refractivity contribution in [3.05, 3.63) is 24.0 Å². The number of aromatic nitrogens is 1. The third-order valence-electron chi connectivity index (χ3n) is 3.68. The molecule has 0 saturated carbocycles. The molecule has 1 saturated heterocycles. The number of hydrogen-bond donors (Lipinski definition) is 1. The molecule has 1 fully saturated rings. The molecule has 1 aromatic heterocycles. The molecular formula is C15H21N3O2. The van der Waals surface area contributed by atoms with Crippen LogP contribution < -0.4 is 10.2 Å². The van der Waals surface area contributed by atoms with Crippen molar-refractivity contribution in [2.45, 2.75) is 46.2 Å². The van der Waals surface area contributed by atoms with E-state index >= 15 is 0 Å². The Kier molecular flexibility index (Phi) is 4.06. The second-order valence-corrected chi connectivity index (χ2v) is 5.47. The first kappa shape index (κ1) is 14.5. The maximum Gasteiger partial charge on any atom is 0.250 e. The van der Waals surface area contributed by atoms with Gasteiger partial charge in [0.05, 0.1) is 11.4 Å². The van der Waals surface area contributed by atoms with E-state index in [1.54, 1.807) is 17.2 Å². The van der Waals surface area contributed by atoms with Crippen molar-refractivity contribution in [2.75, 3.05) is 4.90 Å². The van der Waals surface area contributed by atoms with Crippen LogP contribution >= 0.6 is 0 Å². The van der Waals surface area contributed by atoms with Gasteiger partial charge in [-0.2, -0.15) is 0 Å². The van der Waals surface area contributed by atoms with Crippen molar-refractivity contribution in [2.24, 2.45) is 5.92 Å². The summed E-state index contributed by atoms with van der Waals surface area (Å²) < 4.78 is 0. The Balaban J connectivity index is 2.50. The van der Waals surface area contributed by atoms with E-state index in [4.69, 9.17) is 0 Å². The summed E-state index contributed by atoms with van der Waals surface area (Å²) in [6.07, 6.45) is 2.28. The summed E-state index contributed by atoms with van der Waals surface area (Å²) in [6.45, 7) is 7.64. The number of hydrogen-bond acceptors (Lipinski definition) is 3. The molecule has 5 nitrogen and oxygen atoms in total. The maximum absolute atomic E-state index is 12.7. The minimum Gasteiger partial charge on any atom is -0.342 e. The normalized spacial score (nSPS) is 23.1. The smallest absolute Gasteiger partial charge is 0.250 e. The summed E-state index contributed by atoms with van der Waals surface area (Å²) in [6, 6.07) is 2.71. The fraction of sp³-hybridized carbons (Fsp3) is 0.533. The van der Waals surface area contributed by atoms with Crippen LogP contribution in [-0.4, -0.2) is 28.9 Å². The van der Waals surface area contributed by atoms with Crippen LogP contribution in [0.2, 0.25) is 0 Å². The largest absolute Gasteiger partial charge is 0.342 e. The third kappa shape index (κ3) is 2.40. The van der Waals surface area contributed by atoms with E-state index in [1.807, 2.05) is 33.8 Å². The Hall–Kier alpha value is -1.91. The van der Waals surface area contributed by atoms with Crippen molar-refractivity contribution in [1.29, 1.82) is 0 Å². The Morgan fingerprint density at radius 1 is 1.40 bits per heavy atom. The number of nitrogens with one attached hydrogen (secondary N) is 1. The van der Waals surface area contributed by atoms with Gasteiger partial charge in [0.2, 0.25) is 11.8 Å². The monoisotopic (exact) mass is 275 g/mol. The topological polar surface area (TPSA) is 62.3 Å². The molecule has 2 atom stereocenters. The second kappa shape index (κ2) is 5.61. The van der Waals surface area contributed by atoms with Gasteiger partial charge in [-0.1, -0.05) is 20.8 Å². The zero-order chi connectivity index (χ0) is 14.9. The molecule has 0 aliphatic carbocycles. The van der Waals surface area contributed by atoms with Crippen LogP contribution in [0.15, 0.2) is 18.3 Å². The fourth-order valence-electron chi connectivity index (χ4n) is 2.62. The van der Waals surface area contributed by atoms with E-state index in [-0.39, 0.29) is 17.7 Å². The number of rotatable bonds is 3.